The highest BCUT2D eigenvalue weighted by atomic mass is 16.7. The minimum atomic E-state index is -0.932. The molecule has 13 heteroatoms. The lowest BCUT2D eigenvalue weighted by Gasteiger charge is -2.23. The standard InChI is InChI=1S/C42H44N8O5/c43-41(49-50(54)55)44-27-13-22-37(48-40(52)38(33-18-9-3-10-19-33)34-20-11-4-12-21-34)39(51)45-28-30-23-25-35(26-24-30)47-42(53)46-29-36(31-14-5-1-6-15-31)32-16-7-2-8-17-32/h1-12,14-21,23-26,36-38H,13,22,27-29H2,(H,45,51)(H,48,52)(H3,43,44,49)(H2,46,47,53)/t37-/m1/s1. The van der Waals surface area contributed by atoms with Crippen molar-refractivity contribution in [2.24, 2.45) is 10.8 Å². The average molecular weight is 741 g/mol. The van der Waals surface area contributed by atoms with Crippen molar-refractivity contribution in [3.63, 3.8) is 0 Å². The number of guanidine groups is 1. The Balaban J connectivity index is 1.19. The van der Waals surface area contributed by atoms with E-state index in [1.165, 1.54) is 0 Å². The zero-order valence-corrected chi connectivity index (χ0v) is 30.1. The van der Waals surface area contributed by atoms with Crippen LogP contribution in [0.15, 0.2) is 151 Å². The van der Waals surface area contributed by atoms with Crippen LogP contribution in [0.1, 0.15) is 52.5 Å². The maximum Gasteiger partial charge on any atom is 0.319 e. The number of urea groups is 1. The van der Waals surface area contributed by atoms with Gasteiger partial charge in [0.2, 0.25) is 11.8 Å². The summed E-state index contributed by atoms with van der Waals surface area (Å²) >= 11 is 0. The van der Waals surface area contributed by atoms with Crippen LogP contribution in [0.25, 0.3) is 0 Å². The van der Waals surface area contributed by atoms with E-state index in [9.17, 15) is 24.5 Å². The zero-order chi connectivity index (χ0) is 38.8. The van der Waals surface area contributed by atoms with Crippen LogP contribution in [-0.4, -0.2) is 48.0 Å². The molecule has 13 nitrogen and oxygen atoms in total. The Morgan fingerprint density at radius 2 is 1.16 bits per heavy atom. The van der Waals surface area contributed by atoms with Gasteiger partial charge in [-0.1, -0.05) is 133 Å². The monoisotopic (exact) mass is 740 g/mol. The number of nitrogens with zero attached hydrogens (tertiary/aromatic N) is 2. The molecule has 0 bridgehead atoms. The van der Waals surface area contributed by atoms with Crippen molar-refractivity contribution in [2.75, 3.05) is 18.4 Å². The van der Waals surface area contributed by atoms with E-state index in [1.807, 2.05) is 121 Å². The van der Waals surface area contributed by atoms with Crippen molar-refractivity contribution in [3.8, 4) is 0 Å². The van der Waals surface area contributed by atoms with Crippen LogP contribution in [0.5, 0.6) is 0 Å². The number of rotatable bonds is 17. The fourth-order valence-corrected chi connectivity index (χ4v) is 6.14. The second kappa shape index (κ2) is 20.3. The highest BCUT2D eigenvalue weighted by Crippen LogP contribution is 2.26. The van der Waals surface area contributed by atoms with Gasteiger partial charge in [-0.25, -0.2) is 14.9 Å². The summed E-state index contributed by atoms with van der Waals surface area (Å²) in [4.78, 5) is 51.0. The van der Waals surface area contributed by atoms with Gasteiger partial charge in [0, 0.05) is 31.2 Å². The molecule has 0 aromatic heterocycles. The van der Waals surface area contributed by atoms with Crippen LogP contribution in [0.2, 0.25) is 0 Å². The van der Waals surface area contributed by atoms with Crippen LogP contribution in [0.4, 0.5) is 10.5 Å². The maximum atomic E-state index is 13.9. The number of hydrazone groups is 1. The van der Waals surface area contributed by atoms with Gasteiger partial charge in [0.15, 0.2) is 5.03 Å². The zero-order valence-electron chi connectivity index (χ0n) is 30.1. The van der Waals surface area contributed by atoms with Crippen molar-refractivity contribution in [2.45, 2.75) is 37.3 Å². The van der Waals surface area contributed by atoms with E-state index in [1.54, 1.807) is 24.3 Å². The summed E-state index contributed by atoms with van der Waals surface area (Å²) in [5, 5.41) is 27.1. The molecular weight excluding hydrogens is 697 g/mol. The summed E-state index contributed by atoms with van der Waals surface area (Å²) in [5.74, 6) is -1.81. The molecule has 0 saturated heterocycles. The molecule has 0 saturated carbocycles. The number of benzene rings is 5. The van der Waals surface area contributed by atoms with Crippen LogP contribution in [0, 0.1) is 10.1 Å². The van der Waals surface area contributed by atoms with Gasteiger partial charge < -0.3 is 32.3 Å². The number of nitrogens with two attached hydrogens (primary N) is 1. The predicted molar refractivity (Wildman–Crippen MR) is 213 cm³/mol. The Bertz CT molecular complexity index is 1940. The van der Waals surface area contributed by atoms with Gasteiger partial charge in [-0.2, -0.15) is 0 Å². The second-order valence-corrected chi connectivity index (χ2v) is 12.7. The van der Waals surface area contributed by atoms with E-state index in [0.29, 0.717) is 18.7 Å². The smallest absolute Gasteiger partial charge is 0.319 e. The molecule has 55 heavy (non-hydrogen) atoms. The molecule has 5 aromatic carbocycles. The molecule has 5 aromatic rings. The van der Waals surface area contributed by atoms with Gasteiger partial charge in [0.25, 0.3) is 5.96 Å². The van der Waals surface area contributed by atoms with E-state index in [4.69, 9.17) is 5.73 Å². The van der Waals surface area contributed by atoms with Crippen molar-refractivity contribution < 1.29 is 19.4 Å². The topological polar surface area (TPSA) is 193 Å². The van der Waals surface area contributed by atoms with E-state index in [-0.39, 0.29) is 43.3 Å². The molecule has 0 aliphatic rings. The number of amides is 4. The van der Waals surface area contributed by atoms with E-state index >= 15 is 0 Å². The quantitative estimate of drug-likeness (QED) is 0.0240. The number of nitro groups is 1. The molecule has 1 atom stereocenters. The molecule has 0 aliphatic carbocycles. The molecule has 282 valence electrons. The third-order valence-corrected chi connectivity index (χ3v) is 8.88. The van der Waals surface area contributed by atoms with Crippen molar-refractivity contribution in [1.29, 1.82) is 0 Å². The Kier molecular flexibility index (Phi) is 14.5. The third-order valence-electron chi connectivity index (χ3n) is 8.88. The lowest BCUT2D eigenvalue weighted by Crippen LogP contribution is -2.48. The van der Waals surface area contributed by atoms with Gasteiger partial charge in [-0.3, -0.25) is 9.59 Å². The Morgan fingerprint density at radius 1 is 0.655 bits per heavy atom. The maximum absolute atomic E-state index is 13.9. The first kappa shape index (κ1) is 39.2. The molecule has 7 N–H and O–H groups in total. The van der Waals surface area contributed by atoms with Crippen LogP contribution < -0.4 is 32.3 Å². The Hall–Kier alpha value is -7.02. The van der Waals surface area contributed by atoms with Gasteiger partial charge in [-0.15, -0.1) is 0 Å². The lowest BCUT2D eigenvalue weighted by molar-refractivity contribution is -0.485. The summed E-state index contributed by atoms with van der Waals surface area (Å²) in [6.45, 7) is 0.745. The summed E-state index contributed by atoms with van der Waals surface area (Å²) in [7, 11) is 0. The number of carbonyl (C=O) groups excluding carboxylic acids is 3. The summed E-state index contributed by atoms with van der Waals surface area (Å²) in [6, 6.07) is 44.4. The SMILES string of the molecule is NC(=N[N+](=O)[O-])NCCC[C@@H](NC(=O)C(c1ccccc1)c1ccccc1)C(=O)NCc1ccc(NC(=O)NCC(c2ccccc2)c2ccccc2)cc1. The van der Waals surface area contributed by atoms with Crippen molar-refractivity contribution in [3.05, 3.63) is 184 Å². The fourth-order valence-electron chi connectivity index (χ4n) is 6.14. The van der Waals surface area contributed by atoms with Crippen LogP contribution >= 0.6 is 0 Å². The first-order chi connectivity index (χ1) is 26.8. The molecule has 0 heterocycles. The highest BCUT2D eigenvalue weighted by Gasteiger charge is 2.28. The van der Waals surface area contributed by atoms with Gasteiger partial charge in [-0.05, 0) is 52.8 Å². The number of hydrogen-bond donors (Lipinski definition) is 6. The molecule has 0 fully saturated rings. The molecule has 0 unspecified atom stereocenters. The first-order valence-corrected chi connectivity index (χ1v) is 17.9. The average Bonchev–Trinajstić information content (AvgIpc) is 3.20. The van der Waals surface area contributed by atoms with Gasteiger partial charge in [0.1, 0.15) is 11.1 Å². The molecular formula is C42H44N8O5. The van der Waals surface area contributed by atoms with Crippen molar-refractivity contribution >= 4 is 29.5 Å². The van der Waals surface area contributed by atoms with Crippen LogP contribution in [-0.2, 0) is 16.1 Å². The largest absolute Gasteiger partial charge is 0.365 e. The van der Waals surface area contributed by atoms with E-state index in [2.05, 4.69) is 31.7 Å². The summed E-state index contributed by atoms with van der Waals surface area (Å²) in [5.41, 5.74) is 10.6. The molecule has 0 spiro atoms. The lowest BCUT2D eigenvalue weighted by atomic mass is 9.90. The third kappa shape index (κ3) is 12.3. The van der Waals surface area contributed by atoms with Gasteiger partial charge in [0.05, 0.1) is 5.92 Å². The summed E-state index contributed by atoms with van der Waals surface area (Å²) < 4.78 is 0. The first-order valence-electron chi connectivity index (χ1n) is 17.9. The highest BCUT2D eigenvalue weighted by molar-refractivity contribution is 5.92. The minimum Gasteiger partial charge on any atom is -0.365 e. The van der Waals surface area contributed by atoms with E-state index < -0.39 is 22.9 Å². The Labute approximate surface area is 319 Å². The number of hydrogen-bond acceptors (Lipinski definition) is 5. The normalized spacial score (nSPS) is 11.7. The number of anilines is 1. The molecule has 0 aliphatic heterocycles. The van der Waals surface area contributed by atoms with E-state index in [0.717, 1.165) is 27.8 Å². The van der Waals surface area contributed by atoms with Gasteiger partial charge >= 0.3 is 6.03 Å². The summed E-state index contributed by atoms with van der Waals surface area (Å²) in [6.07, 6.45) is 0.549. The predicted octanol–water partition coefficient (Wildman–Crippen LogP) is 5.45. The molecule has 4 amide bonds. The number of nitrogens with one attached hydrogen (secondary N) is 5. The molecule has 0 radical (unpaired) electrons. The Morgan fingerprint density at radius 3 is 1.67 bits per heavy atom. The van der Waals surface area contributed by atoms with Crippen molar-refractivity contribution in [1.82, 2.24) is 21.3 Å². The van der Waals surface area contributed by atoms with Crippen LogP contribution in [0.3, 0.4) is 0 Å². The fraction of sp³-hybridized carbons (Fsp3) is 0.190. The number of carbonyl (C=O) groups is 3. The second-order valence-electron chi connectivity index (χ2n) is 12.7. The minimum absolute atomic E-state index is 0.0212. The molecule has 5 rings (SSSR count).